The van der Waals surface area contributed by atoms with E-state index in [1.807, 2.05) is 37.4 Å². The molecule has 3 aromatic carbocycles. The summed E-state index contributed by atoms with van der Waals surface area (Å²) in [6.45, 7) is 1.84. The van der Waals surface area contributed by atoms with Crippen molar-refractivity contribution in [2.45, 2.75) is 31.0 Å². The molecule has 0 bridgehead atoms. The highest BCUT2D eigenvalue weighted by atomic mass is 35.5. The molecule has 0 radical (unpaired) electrons. The van der Waals surface area contributed by atoms with Gasteiger partial charge in [0.05, 0.1) is 12.0 Å². The van der Waals surface area contributed by atoms with Crippen LogP contribution in [0.2, 0.25) is 10.0 Å². The van der Waals surface area contributed by atoms with Gasteiger partial charge in [0.2, 0.25) is 5.91 Å². The number of ether oxygens (including phenoxy) is 1. The lowest BCUT2D eigenvalue weighted by atomic mass is 9.78. The minimum atomic E-state index is -0.853. The van der Waals surface area contributed by atoms with Crippen LogP contribution in [0.1, 0.15) is 45.4 Å². The topological polar surface area (TPSA) is 75.9 Å². The maximum Gasteiger partial charge on any atom is 0.255 e. The van der Waals surface area contributed by atoms with Gasteiger partial charge in [-0.05, 0) is 55.4 Å². The highest BCUT2D eigenvalue weighted by Gasteiger charge is 2.49. The number of likely N-dealkylation sites (N-methyl/N-ethyl adjacent to an activating group) is 1. The van der Waals surface area contributed by atoms with Crippen LogP contribution < -0.4 is 10.5 Å². The van der Waals surface area contributed by atoms with E-state index in [2.05, 4.69) is 4.90 Å². The molecule has 186 valence electrons. The molecule has 2 N–H and O–H groups in total. The Labute approximate surface area is 220 Å². The number of benzene rings is 3. The van der Waals surface area contributed by atoms with Gasteiger partial charge in [0, 0.05) is 33.8 Å². The maximum absolute atomic E-state index is 14.1. The van der Waals surface area contributed by atoms with E-state index < -0.39 is 17.9 Å². The lowest BCUT2D eigenvalue weighted by molar-refractivity contribution is -0.121. The predicted octanol–water partition coefficient (Wildman–Crippen LogP) is 5.04. The van der Waals surface area contributed by atoms with Crippen molar-refractivity contribution in [1.29, 1.82) is 0 Å². The molecule has 2 amide bonds. The summed E-state index contributed by atoms with van der Waals surface area (Å²) in [7, 11) is 2.02. The summed E-state index contributed by atoms with van der Waals surface area (Å²) in [6.07, 6.45) is 0.787. The van der Waals surface area contributed by atoms with E-state index >= 15 is 0 Å². The first-order valence-electron chi connectivity index (χ1n) is 11.9. The molecular weight excluding hydrogens is 497 g/mol. The van der Waals surface area contributed by atoms with Crippen LogP contribution in [0.3, 0.4) is 0 Å². The number of likely N-dealkylation sites (tertiary alicyclic amines) is 1. The van der Waals surface area contributed by atoms with Crippen LogP contribution in [0.25, 0.3) is 0 Å². The predicted molar refractivity (Wildman–Crippen MR) is 140 cm³/mol. The number of nitrogens with two attached hydrogens (primary N) is 1. The number of carbonyl (C=O) groups is 2. The number of primary amides is 1. The van der Waals surface area contributed by atoms with Crippen molar-refractivity contribution in [3.8, 4) is 5.75 Å². The second-order valence-electron chi connectivity index (χ2n) is 9.40. The molecule has 3 atom stereocenters. The SMILES string of the molecule is CN1CC[C@@H](N2C(=O)c3cccc(OCc4ccccc4)c3[C@@H](C(N)=O)[C@@H]2c2ccc(Cl)cc2Cl)C1. The summed E-state index contributed by atoms with van der Waals surface area (Å²) < 4.78 is 6.19. The average molecular weight is 524 g/mol. The van der Waals surface area contributed by atoms with E-state index in [0.717, 1.165) is 18.5 Å². The Hall–Kier alpha value is -3.06. The third kappa shape index (κ3) is 4.57. The number of fused-ring (bicyclic) bond motifs is 1. The Morgan fingerprint density at radius 2 is 1.86 bits per heavy atom. The number of carbonyl (C=O) groups excluding carboxylic acids is 2. The summed E-state index contributed by atoms with van der Waals surface area (Å²) in [5, 5.41) is 0.856. The largest absolute Gasteiger partial charge is 0.489 e. The lowest BCUT2D eigenvalue weighted by Gasteiger charge is -2.45. The van der Waals surface area contributed by atoms with Gasteiger partial charge in [0.25, 0.3) is 5.91 Å². The monoisotopic (exact) mass is 523 g/mol. The normalized spacial score (nSPS) is 21.9. The molecule has 2 aliphatic heterocycles. The summed E-state index contributed by atoms with van der Waals surface area (Å²) in [5.41, 5.74) is 8.63. The Morgan fingerprint density at radius 1 is 1.08 bits per heavy atom. The van der Waals surface area contributed by atoms with Gasteiger partial charge in [0.1, 0.15) is 12.4 Å². The minimum Gasteiger partial charge on any atom is -0.489 e. The fourth-order valence-electron chi connectivity index (χ4n) is 5.40. The number of hydrogen-bond acceptors (Lipinski definition) is 4. The van der Waals surface area contributed by atoms with Gasteiger partial charge >= 0.3 is 0 Å². The molecular formula is C28H27Cl2N3O3. The van der Waals surface area contributed by atoms with Crippen LogP contribution >= 0.6 is 23.2 Å². The van der Waals surface area contributed by atoms with Crippen molar-refractivity contribution < 1.29 is 14.3 Å². The van der Waals surface area contributed by atoms with Gasteiger partial charge in [-0.25, -0.2) is 0 Å². The molecule has 6 nitrogen and oxygen atoms in total. The number of halogens is 2. The van der Waals surface area contributed by atoms with Crippen molar-refractivity contribution in [2.75, 3.05) is 20.1 Å². The summed E-state index contributed by atoms with van der Waals surface area (Å²) in [5.74, 6) is -1.10. The number of hydrogen-bond donors (Lipinski definition) is 1. The standard InChI is InChI=1S/C28H27Cl2N3O3/c1-32-13-12-19(15-32)33-26(20-11-10-18(29)14-22(20)30)25(27(31)34)24-21(28(33)35)8-5-9-23(24)36-16-17-6-3-2-4-7-17/h2-11,14,19,25-26H,12-13,15-16H2,1H3,(H2,31,34)/t19-,25-,26+/m1/s1. The molecule has 8 heteroatoms. The Kier molecular flexibility index (Phi) is 6.93. The first-order valence-corrected chi connectivity index (χ1v) is 12.7. The number of amides is 2. The van der Waals surface area contributed by atoms with Crippen molar-refractivity contribution >= 4 is 35.0 Å². The van der Waals surface area contributed by atoms with Gasteiger partial charge in [-0.2, -0.15) is 0 Å². The molecule has 2 heterocycles. The minimum absolute atomic E-state index is 0.0943. The molecule has 3 aromatic rings. The zero-order valence-electron chi connectivity index (χ0n) is 19.9. The Morgan fingerprint density at radius 3 is 2.53 bits per heavy atom. The van der Waals surface area contributed by atoms with E-state index in [9.17, 15) is 9.59 Å². The molecule has 36 heavy (non-hydrogen) atoms. The van der Waals surface area contributed by atoms with Gasteiger partial charge in [0.15, 0.2) is 0 Å². The van der Waals surface area contributed by atoms with Crippen LogP contribution in [0.15, 0.2) is 66.7 Å². The van der Waals surface area contributed by atoms with E-state index in [1.54, 1.807) is 41.3 Å². The second kappa shape index (κ2) is 10.1. The maximum atomic E-state index is 14.1. The highest BCUT2D eigenvalue weighted by Crippen LogP contribution is 2.49. The molecule has 0 aromatic heterocycles. The fraction of sp³-hybridized carbons (Fsp3) is 0.286. The van der Waals surface area contributed by atoms with Crippen molar-refractivity contribution in [3.05, 3.63) is 99.0 Å². The summed E-state index contributed by atoms with van der Waals surface area (Å²) in [4.78, 5) is 31.3. The van der Waals surface area contributed by atoms with Crippen LogP contribution in [0.5, 0.6) is 5.75 Å². The van der Waals surface area contributed by atoms with Gasteiger partial charge in [-0.3, -0.25) is 9.59 Å². The van der Waals surface area contributed by atoms with Crippen molar-refractivity contribution in [1.82, 2.24) is 9.80 Å². The smallest absolute Gasteiger partial charge is 0.255 e. The first-order chi connectivity index (χ1) is 17.3. The molecule has 0 spiro atoms. The van der Waals surface area contributed by atoms with Crippen LogP contribution in [0, 0.1) is 0 Å². The number of nitrogens with zero attached hydrogens (tertiary/aromatic N) is 2. The van der Waals surface area contributed by atoms with Crippen molar-refractivity contribution in [2.24, 2.45) is 5.73 Å². The van der Waals surface area contributed by atoms with Crippen LogP contribution in [-0.2, 0) is 11.4 Å². The zero-order chi connectivity index (χ0) is 25.4. The van der Waals surface area contributed by atoms with E-state index in [0.29, 0.717) is 45.6 Å². The van der Waals surface area contributed by atoms with Crippen LogP contribution in [0.4, 0.5) is 0 Å². The van der Waals surface area contributed by atoms with Gasteiger partial charge in [-0.15, -0.1) is 0 Å². The lowest BCUT2D eigenvalue weighted by Crippen LogP contribution is -2.51. The average Bonchev–Trinajstić information content (AvgIpc) is 3.29. The van der Waals surface area contributed by atoms with Crippen LogP contribution in [-0.4, -0.2) is 47.8 Å². The molecule has 0 saturated carbocycles. The molecule has 5 rings (SSSR count). The molecule has 0 aliphatic carbocycles. The van der Waals surface area contributed by atoms with E-state index in [-0.39, 0.29) is 11.9 Å². The molecule has 0 unspecified atom stereocenters. The Bertz CT molecular complexity index is 1300. The molecule has 1 saturated heterocycles. The van der Waals surface area contributed by atoms with E-state index in [4.69, 9.17) is 33.7 Å². The third-order valence-electron chi connectivity index (χ3n) is 7.04. The quantitative estimate of drug-likeness (QED) is 0.490. The van der Waals surface area contributed by atoms with E-state index in [1.165, 1.54) is 0 Å². The van der Waals surface area contributed by atoms with Gasteiger partial charge in [-0.1, -0.05) is 65.7 Å². The highest BCUT2D eigenvalue weighted by molar-refractivity contribution is 6.35. The fourth-order valence-corrected chi connectivity index (χ4v) is 5.92. The molecule has 1 fully saturated rings. The van der Waals surface area contributed by atoms with Gasteiger partial charge < -0.3 is 20.3 Å². The summed E-state index contributed by atoms with van der Waals surface area (Å²) >= 11 is 12.9. The second-order valence-corrected chi connectivity index (χ2v) is 10.2. The number of rotatable bonds is 6. The molecule has 2 aliphatic rings. The summed E-state index contributed by atoms with van der Waals surface area (Å²) in [6, 6.07) is 19.4. The zero-order valence-corrected chi connectivity index (χ0v) is 21.4. The van der Waals surface area contributed by atoms with Crippen molar-refractivity contribution in [3.63, 3.8) is 0 Å². The third-order valence-corrected chi connectivity index (χ3v) is 7.60. The Balaban J connectivity index is 1.66. The first kappa shape index (κ1) is 24.6.